The molecule has 2 atom stereocenters. The Bertz CT molecular complexity index is 530. The molecular formula is C15H18F3NOS. The zero-order valence-corrected chi connectivity index (χ0v) is 12.6. The summed E-state index contributed by atoms with van der Waals surface area (Å²) >= 11 is 4.73. The highest BCUT2D eigenvalue weighted by Crippen LogP contribution is 2.38. The van der Waals surface area contributed by atoms with Crippen molar-refractivity contribution in [2.24, 2.45) is 11.7 Å². The molecule has 1 aliphatic carbocycles. The van der Waals surface area contributed by atoms with E-state index in [4.69, 9.17) is 22.7 Å². The standard InChI is InChI=1S/C15H18F3NOS/c1-9-3-2-4-11(7-9)20-13-6-5-10(14(19)21)8-12(13)15(16,17)18/h5-6,8-9,11H,2-4,7H2,1H3,(H2,19,21). The van der Waals surface area contributed by atoms with Crippen molar-refractivity contribution >= 4 is 17.2 Å². The lowest BCUT2D eigenvalue weighted by Crippen LogP contribution is -2.25. The van der Waals surface area contributed by atoms with Gasteiger partial charge in [-0.1, -0.05) is 25.6 Å². The topological polar surface area (TPSA) is 35.2 Å². The van der Waals surface area contributed by atoms with E-state index in [1.807, 2.05) is 0 Å². The molecular weight excluding hydrogens is 299 g/mol. The van der Waals surface area contributed by atoms with Gasteiger partial charge >= 0.3 is 6.18 Å². The van der Waals surface area contributed by atoms with Gasteiger partial charge in [-0.05, 0) is 43.4 Å². The summed E-state index contributed by atoms with van der Waals surface area (Å²) in [7, 11) is 0. The molecule has 0 bridgehead atoms. The zero-order chi connectivity index (χ0) is 15.6. The number of halogens is 3. The Balaban J connectivity index is 2.27. The molecule has 0 radical (unpaired) electrons. The first-order chi connectivity index (χ1) is 9.77. The SMILES string of the molecule is CC1CCCC(Oc2ccc(C(N)=S)cc2C(F)(F)F)C1. The lowest BCUT2D eigenvalue weighted by molar-refractivity contribution is -0.139. The van der Waals surface area contributed by atoms with Gasteiger partial charge in [0.1, 0.15) is 10.7 Å². The van der Waals surface area contributed by atoms with Crippen LogP contribution in [-0.2, 0) is 6.18 Å². The van der Waals surface area contributed by atoms with Crippen molar-refractivity contribution in [2.45, 2.75) is 44.9 Å². The van der Waals surface area contributed by atoms with Gasteiger partial charge in [-0.3, -0.25) is 0 Å². The van der Waals surface area contributed by atoms with E-state index in [1.54, 1.807) is 0 Å². The molecule has 6 heteroatoms. The maximum absolute atomic E-state index is 13.2. The van der Waals surface area contributed by atoms with E-state index < -0.39 is 11.7 Å². The van der Waals surface area contributed by atoms with Crippen molar-refractivity contribution in [1.29, 1.82) is 0 Å². The summed E-state index contributed by atoms with van der Waals surface area (Å²) in [5.41, 5.74) is 4.78. The summed E-state index contributed by atoms with van der Waals surface area (Å²) in [4.78, 5) is -0.0571. The fourth-order valence-corrected chi connectivity index (χ4v) is 2.80. The average Bonchev–Trinajstić information content (AvgIpc) is 2.37. The number of rotatable bonds is 3. The van der Waals surface area contributed by atoms with E-state index in [1.165, 1.54) is 12.1 Å². The Hall–Kier alpha value is -1.30. The van der Waals surface area contributed by atoms with Crippen LogP contribution in [-0.4, -0.2) is 11.1 Å². The first-order valence-electron chi connectivity index (χ1n) is 6.95. The van der Waals surface area contributed by atoms with Gasteiger partial charge in [0, 0.05) is 5.56 Å². The summed E-state index contributed by atoms with van der Waals surface area (Å²) in [6.07, 6.45) is -0.987. The molecule has 1 aliphatic rings. The monoisotopic (exact) mass is 317 g/mol. The van der Waals surface area contributed by atoms with Crippen LogP contribution in [0.1, 0.15) is 43.7 Å². The molecule has 0 aliphatic heterocycles. The Morgan fingerprint density at radius 1 is 1.33 bits per heavy atom. The molecule has 1 saturated carbocycles. The molecule has 0 saturated heterocycles. The second kappa shape index (κ2) is 6.22. The van der Waals surface area contributed by atoms with Crippen LogP contribution in [0.4, 0.5) is 13.2 Å². The minimum atomic E-state index is -4.49. The fraction of sp³-hybridized carbons (Fsp3) is 0.533. The maximum Gasteiger partial charge on any atom is 0.419 e. The summed E-state index contributed by atoms with van der Waals surface area (Å²) in [5, 5.41) is 0. The van der Waals surface area contributed by atoms with Crippen LogP contribution in [0.5, 0.6) is 5.75 Å². The number of alkyl halides is 3. The third-order valence-corrected chi connectivity index (χ3v) is 3.99. The van der Waals surface area contributed by atoms with Crippen LogP contribution in [0.25, 0.3) is 0 Å². The molecule has 0 heterocycles. The van der Waals surface area contributed by atoms with Crippen LogP contribution >= 0.6 is 12.2 Å². The third-order valence-electron chi connectivity index (χ3n) is 3.75. The van der Waals surface area contributed by atoms with Crippen LogP contribution in [0, 0.1) is 5.92 Å². The average molecular weight is 317 g/mol. The molecule has 1 aromatic rings. The molecule has 2 unspecified atom stereocenters. The van der Waals surface area contributed by atoms with Crippen LogP contribution in [0.15, 0.2) is 18.2 Å². The van der Waals surface area contributed by atoms with Crippen molar-refractivity contribution in [3.63, 3.8) is 0 Å². The summed E-state index contributed by atoms with van der Waals surface area (Å²) in [6, 6.07) is 3.75. The zero-order valence-electron chi connectivity index (χ0n) is 11.7. The summed E-state index contributed by atoms with van der Waals surface area (Å²) in [6.45, 7) is 2.09. The Kier molecular flexibility index (Phi) is 4.76. The van der Waals surface area contributed by atoms with Crippen molar-refractivity contribution in [3.05, 3.63) is 29.3 Å². The first-order valence-corrected chi connectivity index (χ1v) is 7.36. The lowest BCUT2D eigenvalue weighted by Gasteiger charge is -2.28. The minimum Gasteiger partial charge on any atom is -0.490 e. The summed E-state index contributed by atoms with van der Waals surface area (Å²) < 4.78 is 45.1. The quantitative estimate of drug-likeness (QED) is 0.844. The molecule has 1 fully saturated rings. The normalized spacial score (nSPS) is 22.9. The van der Waals surface area contributed by atoms with E-state index >= 15 is 0 Å². The highest BCUT2D eigenvalue weighted by atomic mass is 32.1. The van der Waals surface area contributed by atoms with E-state index in [9.17, 15) is 13.2 Å². The second-order valence-corrected chi connectivity index (χ2v) is 6.02. The van der Waals surface area contributed by atoms with Gasteiger partial charge in [0.15, 0.2) is 0 Å². The molecule has 0 spiro atoms. The molecule has 0 aromatic heterocycles. The number of benzene rings is 1. The minimum absolute atomic E-state index is 0.0571. The maximum atomic E-state index is 13.2. The fourth-order valence-electron chi connectivity index (χ4n) is 2.67. The Morgan fingerprint density at radius 2 is 2.05 bits per heavy atom. The van der Waals surface area contributed by atoms with Gasteiger partial charge in [0.05, 0.1) is 11.7 Å². The van der Waals surface area contributed by atoms with Crippen molar-refractivity contribution in [1.82, 2.24) is 0 Å². The van der Waals surface area contributed by atoms with Crippen LogP contribution in [0.2, 0.25) is 0 Å². The number of hydrogen-bond acceptors (Lipinski definition) is 2. The van der Waals surface area contributed by atoms with Gasteiger partial charge in [0.2, 0.25) is 0 Å². The molecule has 1 aromatic carbocycles. The Labute approximate surface area is 127 Å². The van der Waals surface area contributed by atoms with Gasteiger partial charge in [0.25, 0.3) is 0 Å². The highest BCUT2D eigenvalue weighted by Gasteiger charge is 2.35. The van der Waals surface area contributed by atoms with Crippen molar-refractivity contribution < 1.29 is 17.9 Å². The largest absolute Gasteiger partial charge is 0.490 e. The van der Waals surface area contributed by atoms with Gasteiger partial charge in [-0.15, -0.1) is 0 Å². The lowest BCUT2D eigenvalue weighted by atomic mass is 9.88. The van der Waals surface area contributed by atoms with Gasteiger partial charge in [-0.25, -0.2) is 0 Å². The van der Waals surface area contributed by atoms with Gasteiger partial charge < -0.3 is 10.5 Å². The first kappa shape index (κ1) is 16.1. The van der Waals surface area contributed by atoms with Crippen molar-refractivity contribution in [3.8, 4) is 5.75 Å². The number of ether oxygens (including phenoxy) is 1. The number of nitrogens with two attached hydrogens (primary N) is 1. The Morgan fingerprint density at radius 3 is 2.62 bits per heavy atom. The molecule has 116 valence electrons. The van der Waals surface area contributed by atoms with E-state index in [0.29, 0.717) is 5.92 Å². The van der Waals surface area contributed by atoms with E-state index in [0.717, 1.165) is 31.7 Å². The second-order valence-electron chi connectivity index (χ2n) is 5.58. The van der Waals surface area contributed by atoms with E-state index in [-0.39, 0.29) is 22.4 Å². The predicted molar refractivity (Wildman–Crippen MR) is 79.4 cm³/mol. The van der Waals surface area contributed by atoms with E-state index in [2.05, 4.69) is 6.92 Å². The molecule has 0 amide bonds. The predicted octanol–water partition coefficient (Wildman–Crippen LogP) is 4.30. The smallest absolute Gasteiger partial charge is 0.419 e. The van der Waals surface area contributed by atoms with Gasteiger partial charge in [-0.2, -0.15) is 13.2 Å². The summed E-state index contributed by atoms with van der Waals surface area (Å²) in [5.74, 6) is 0.343. The van der Waals surface area contributed by atoms with Crippen LogP contribution in [0.3, 0.4) is 0 Å². The highest BCUT2D eigenvalue weighted by molar-refractivity contribution is 7.80. The molecule has 21 heavy (non-hydrogen) atoms. The van der Waals surface area contributed by atoms with Crippen molar-refractivity contribution in [2.75, 3.05) is 0 Å². The third kappa shape index (κ3) is 4.09. The molecule has 2 N–H and O–H groups in total. The number of hydrogen-bond donors (Lipinski definition) is 1. The number of thiocarbonyl (C=S) groups is 1. The molecule has 2 nitrogen and oxygen atoms in total. The van der Waals surface area contributed by atoms with Crippen LogP contribution < -0.4 is 10.5 Å². The molecule has 2 rings (SSSR count).